The number of carbonyl (C=O) groups excluding carboxylic acids is 1. The first-order valence-corrected chi connectivity index (χ1v) is 5.40. The van der Waals surface area contributed by atoms with Crippen LogP contribution in [0.2, 0.25) is 0 Å². The molecule has 0 aromatic heterocycles. The minimum Gasteiger partial charge on any atom is -0.327 e. The van der Waals surface area contributed by atoms with Crippen LogP contribution in [-0.2, 0) is 4.79 Å². The van der Waals surface area contributed by atoms with Crippen molar-refractivity contribution in [1.29, 1.82) is 0 Å². The van der Waals surface area contributed by atoms with Crippen molar-refractivity contribution in [2.45, 2.75) is 14.4 Å². The highest BCUT2D eigenvalue weighted by Gasteiger charge is 2.50. The summed E-state index contributed by atoms with van der Waals surface area (Å²) in [6.45, 7) is 0.779. The van der Waals surface area contributed by atoms with Gasteiger partial charge in [-0.05, 0) is 0 Å². The van der Waals surface area contributed by atoms with E-state index in [-0.39, 0.29) is 8.47 Å². The van der Waals surface area contributed by atoms with Gasteiger partial charge in [-0.1, -0.05) is 31.9 Å². The van der Waals surface area contributed by atoms with Gasteiger partial charge in [0.05, 0.1) is 18.3 Å². The summed E-state index contributed by atoms with van der Waals surface area (Å²) in [6, 6.07) is 0. The molecule has 2 rings (SSSR count). The lowest BCUT2D eigenvalue weighted by Crippen LogP contribution is -2.47. The monoisotopic (exact) mass is 285 g/mol. The smallest absolute Gasteiger partial charge is 0.226 e. The first kappa shape index (κ1) is 7.43. The third kappa shape index (κ3) is 1.02. The van der Waals surface area contributed by atoms with Crippen molar-refractivity contribution in [1.82, 2.24) is 4.90 Å². The number of alkyl halides is 2. The van der Waals surface area contributed by atoms with Crippen molar-refractivity contribution >= 4 is 49.5 Å². The van der Waals surface area contributed by atoms with Crippen LogP contribution < -0.4 is 0 Å². The van der Waals surface area contributed by atoms with Gasteiger partial charge in [0.15, 0.2) is 0 Å². The van der Waals surface area contributed by atoms with E-state index in [4.69, 9.17) is 0 Å². The van der Waals surface area contributed by atoms with Crippen LogP contribution in [0.4, 0.5) is 0 Å². The zero-order valence-electron chi connectivity index (χ0n) is 5.01. The Morgan fingerprint density at radius 1 is 1.70 bits per heavy atom. The second kappa shape index (κ2) is 2.14. The molecule has 2 nitrogen and oxygen atoms in total. The van der Waals surface area contributed by atoms with Crippen molar-refractivity contribution in [2.24, 2.45) is 0 Å². The van der Waals surface area contributed by atoms with Crippen LogP contribution in [0.25, 0.3) is 0 Å². The molecule has 5 heteroatoms. The maximum absolute atomic E-state index is 10.9. The summed E-state index contributed by atoms with van der Waals surface area (Å²) in [5, 5.41) is 0.422. The largest absolute Gasteiger partial charge is 0.327 e. The SMILES string of the molecule is O=C1C[C@H]2SC(Br)(Br)CN12. The summed E-state index contributed by atoms with van der Waals surface area (Å²) in [4.78, 5) is 12.8. The quantitative estimate of drug-likeness (QED) is 0.499. The standard InChI is InChI=1S/C5H5Br2NOS/c6-5(7)2-8-3(9)1-4(8)10-5/h4H,1-2H2/t4-/m1/s1. The van der Waals surface area contributed by atoms with E-state index < -0.39 is 0 Å². The third-order valence-corrected chi connectivity index (χ3v) is 4.47. The van der Waals surface area contributed by atoms with Crippen LogP contribution in [0.5, 0.6) is 0 Å². The van der Waals surface area contributed by atoms with Gasteiger partial charge in [0.2, 0.25) is 5.91 Å². The Balaban J connectivity index is 2.12. The van der Waals surface area contributed by atoms with E-state index in [0.717, 1.165) is 6.54 Å². The number of amides is 1. The summed E-state index contributed by atoms with van der Waals surface area (Å²) in [7, 11) is 0. The number of thioether (sulfide) groups is 1. The summed E-state index contributed by atoms with van der Waals surface area (Å²) in [5.41, 5.74) is 0. The van der Waals surface area contributed by atoms with Crippen molar-refractivity contribution in [2.75, 3.05) is 6.54 Å². The van der Waals surface area contributed by atoms with E-state index in [0.29, 0.717) is 11.8 Å². The predicted octanol–water partition coefficient (Wildman–Crippen LogP) is 1.74. The highest BCUT2D eigenvalue weighted by Crippen LogP contribution is 2.53. The molecule has 2 saturated heterocycles. The Hall–Kier alpha value is 0.780. The van der Waals surface area contributed by atoms with E-state index in [9.17, 15) is 4.79 Å². The Bertz CT molecular complexity index is 196. The van der Waals surface area contributed by atoms with Crippen LogP contribution in [-0.4, -0.2) is 25.3 Å². The lowest BCUT2D eigenvalue weighted by atomic mass is 10.2. The molecule has 0 radical (unpaired) electrons. The topological polar surface area (TPSA) is 20.3 Å². The van der Waals surface area contributed by atoms with E-state index in [1.54, 1.807) is 11.8 Å². The maximum atomic E-state index is 10.9. The van der Waals surface area contributed by atoms with Crippen molar-refractivity contribution in [3.8, 4) is 0 Å². The molecule has 56 valence electrons. The molecule has 1 amide bonds. The second-order valence-corrected chi connectivity index (χ2v) is 8.73. The summed E-state index contributed by atoms with van der Waals surface area (Å²) in [6.07, 6.45) is 0.712. The Morgan fingerprint density at radius 2 is 2.40 bits per heavy atom. The summed E-state index contributed by atoms with van der Waals surface area (Å²) < 4.78 is -0.0726. The lowest BCUT2D eigenvalue weighted by molar-refractivity contribution is -0.140. The summed E-state index contributed by atoms with van der Waals surface area (Å²) >= 11 is 8.71. The Morgan fingerprint density at radius 3 is 2.80 bits per heavy atom. The predicted molar refractivity (Wildman–Crippen MR) is 48.3 cm³/mol. The average Bonchev–Trinajstić information content (AvgIpc) is 2.04. The van der Waals surface area contributed by atoms with Crippen molar-refractivity contribution in [3.63, 3.8) is 0 Å². The van der Waals surface area contributed by atoms with Crippen molar-refractivity contribution in [3.05, 3.63) is 0 Å². The Kier molecular flexibility index (Phi) is 1.59. The zero-order chi connectivity index (χ0) is 7.35. The average molecular weight is 287 g/mol. The van der Waals surface area contributed by atoms with Gasteiger partial charge >= 0.3 is 0 Å². The number of carbonyl (C=O) groups is 1. The van der Waals surface area contributed by atoms with E-state index in [2.05, 4.69) is 31.9 Å². The van der Waals surface area contributed by atoms with Crippen LogP contribution >= 0.6 is 43.6 Å². The third-order valence-electron chi connectivity index (χ3n) is 1.68. The minimum atomic E-state index is -0.0726. The summed E-state index contributed by atoms with van der Waals surface area (Å²) in [5.74, 6) is 0.276. The van der Waals surface area contributed by atoms with E-state index in [1.165, 1.54) is 0 Å². The molecule has 0 aliphatic carbocycles. The number of nitrogens with zero attached hydrogens (tertiary/aromatic N) is 1. The van der Waals surface area contributed by atoms with Crippen LogP contribution in [0.15, 0.2) is 0 Å². The first-order chi connectivity index (χ1) is 4.58. The highest BCUT2D eigenvalue weighted by atomic mass is 79.9. The Labute approximate surface area is 80.0 Å². The highest BCUT2D eigenvalue weighted by molar-refractivity contribution is 9.28. The van der Waals surface area contributed by atoms with Gasteiger partial charge in [-0.15, -0.1) is 11.8 Å². The maximum Gasteiger partial charge on any atom is 0.226 e. The molecular formula is C5H5Br2NOS. The zero-order valence-corrected chi connectivity index (χ0v) is 9.00. The molecule has 1 atom stereocenters. The number of β-lactam (4-membered cyclic amide) rings is 1. The van der Waals surface area contributed by atoms with E-state index in [1.807, 2.05) is 4.90 Å². The number of fused-ring (bicyclic) bond motifs is 1. The minimum absolute atomic E-state index is 0.0726. The molecule has 0 unspecified atom stereocenters. The first-order valence-electron chi connectivity index (χ1n) is 2.94. The van der Waals surface area contributed by atoms with Gasteiger partial charge in [0.25, 0.3) is 0 Å². The van der Waals surface area contributed by atoms with Crippen molar-refractivity contribution < 1.29 is 4.79 Å². The van der Waals surface area contributed by atoms with Gasteiger partial charge in [-0.25, -0.2) is 0 Å². The molecule has 2 aliphatic heterocycles. The normalized spacial score (nSPS) is 35.6. The van der Waals surface area contributed by atoms with Gasteiger partial charge in [-0.2, -0.15) is 0 Å². The van der Waals surface area contributed by atoms with Gasteiger partial charge in [-0.3, -0.25) is 4.79 Å². The number of hydrogen-bond donors (Lipinski definition) is 0. The van der Waals surface area contributed by atoms with Crippen LogP contribution in [0.3, 0.4) is 0 Å². The fourth-order valence-corrected chi connectivity index (χ4v) is 4.15. The molecule has 2 aliphatic rings. The molecule has 0 bridgehead atoms. The fourth-order valence-electron chi connectivity index (χ4n) is 1.15. The fraction of sp³-hybridized carbons (Fsp3) is 0.800. The number of halogens is 2. The number of hydrogen-bond acceptors (Lipinski definition) is 2. The molecule has 0 aromatic rings. The molecule has 0 spiro atoms. The lowest BCUT2D eigenvalue weighted by Gasteiger charge is -2.32. The molecule has 0 N–H and O–H groups in total. The van der Waals surface area contributed by atoms with E-state index >= 15 is 0 Å². The van der Waals surface area contributed by atoms with Gasteiger partial charge < -0.3 is 4.90 Å². The van der Waals surface area contributed by atoms with Crippen LogP contribution in [0, 0.1) is 0 Å². The molecule has 10 heavy (non-hydrogen) atoms. The van der Waals surface area contributed by atoms with Crippen LogP contribution in [0.1, 0.15) is 6.42 Å². The number of rotatable bonds is 0. The van der Waals surface area contributed by atoms with Gasteiger partial charge in [0, 0.05) is 0 Å². The molecule has 0 saturated carbocycles. The molecule has 0 aromatic carbocycles. The molecule has 2 fully saturated rings. The molecular weight excluding hydrogens is 282 g/mol. The van der Waals surface area contributed by atoms with Gasteiger partial charge in [0.1, 0.15) is 2.57 Å². The molecule has 2 heterocycles. The second-order valence-electron chi connectivity index (χ2n) is 2.44.